The van der Waals surface area contributed by atoms with Gasteiger partial charge in [-0.2, -0.15) is 0 Å². The smallest absolute Gasteiger partial charge is 0.0968 e. The van der Waals surface area contributed by atoms with E-state index in [0.717, 1.165) is 19.6 Å². The normalized spacial score (nSPS) is 30.0. The highest BCUT2D eigenvalue weighted by Crippen LogP contribution is 2.44. The number of ether oxygens (including phenoxy) is 1. The molecule has 0 aliphatic carbocycles. The van der Waals surface area contributed by atoms with Gasteiger partial charge in [0.1, 0.15) is 0 Å². The molecule has 1 aromatic rings. The lowest BCUT2D eigenvalue weighted by atomic mass is 9.84. The van der Waals surface area contributed by atoms with Gasteiger partial charge < -0.3 is 10.1 Å². The second-order valence-corrected chi connectivity index (χ2v) is 4.17. The van der Waals surface area contributed by atoms with Gasteiger partial charge in [-0.05, 0) is 25.3 Å². The summed E-state index contributed by atoms with van der Waals surface area (Å²) in [5.41, 5.74) is 2.67. The van der Waals surface area contributed by atoms with Crippen molar-refractivity contribution >= 4 is 5.69 Å². The molecular weight excluding hydrogens is 174 g/mol. The van der Waals surface area contributed by atoms with Crippen molar-refractivity contribution in [1.29, 1.82) is 0 Å². The molecule has 1 saturated heterocycles. The van der Waals surface area contributed by atoms with Crippen LogP contribution in [0.4, 0.5) is 5.69 Å². The molecule has 0 bridgehead atoms. The maximum Gasteiger partial charge on any atom is 0.0968 e. The molecule has 1 unspecified atom stereocenters. The number of para-hydroxylation sites is 1. The van der Waals surface area contributed by atoms with E-state index in [9.17, 15) is 0 Å². The van der Waals surface area contributed by atoms with Crippen molar-refractivity contribution in [3.05, 3.63) is 29.8 Å². The topological polar surface area (TPSA) is 21.3 Å². The summed E-state index contributed by atoms with van der Waals surface area (Å²) in [6.45, 7) is 1.96. The molecule has 0 aromatic heterocycles. The monoisotopic (exact) mass is 189 g/mol. The van der Waals surface area contributed by atoms with Crippen LogP contribution in [0.15, 0.2) is 24.3 Å². The minimum Gasteiger partial charge on any atom is -0.385 e. The van der Waals surface area contributed by atoms with Gasteiger partial charge in [0.05, 0.1) is 5.60 Å². The lowest BCUT2D eigenvalue weighted by molar-refractivity contribution is -0.00630. The fourth-order valence-electron chi connectivity index (χ4n) is 2.68. The first kappa shape index (κ1) is 8.30. The fourth-order valence-corrected chi connectivity index (χ4v) is 2.68. The van der Waals surface area contributed by atoms with Gasteiger partial charge in [-0.3, -0.25) is 0 Å². The summed E-state index contributed by atoms with van der Waals surface area (Å²) < 4.78 is 5.97. The molecule has 1 atom stereocenters. The van der Waals surface area contributed by atoms with Crippen molar-refractivity contribution in [2.45, 2.75) is 24.9 Å². The Balaban J connectivity index is 2.10. The molecule has 14 heavy (non-hydrogen) atoms. The van der Waals surface area contributed by atoms with E-state index in [1.807, 2.05) is 0 Å². The van der Waals surface area contributed by atoms with Crippen LogP contribution in [-0.2, 0) is 10.3 Å². The van der Waals surface area contributed by atoms with Gasteiger partial charge in [0, 0.05) is 24.4 Å². The SMILES string of the molecule is c1ccc2c(c1)NCCC21CCCO1. The van der Waals surface area contributed by atoms with Crippen LogP contribution in [0.3, 0.4) is 0 Å². The van der Waals surface area contributed by atoms with Crippen LogP contribution in [-0.4, -0.2) is 13.2 Å². The summed E-state index contributed by atoms with van der Waals surface area (Å²) in [6.07, 6.45) is 3.50. The minimum atomic E-state index is 0.0435. The van der Waals surface area contributed by atoms with E-state index in [2.05, 4.69) is 29.6 Å². The van der Waals surface area contributed by atoms with Crippen LogP contribution in [0.5, 0.6) is 0 Å². The number of anilines is 1. The van der Waals surface area contributed by atoms with E-state index < -0.39 is 0 Å². The first-order valence-electron chi connectivity index (χ1n) is 5.38. The van der Waals surface area contributed by atoms with Gasteiger partial charge in [-0.15, -0.1) is 0 Å². The number of benzene rings is 1. The zero-order valence-corrected chi connectivity index (χ0v) is 8.25. The number of fused-ring (bicyclic) bond motifs is 2. The van der Waals surface area contributed by atoms with Crippen LogP contribution in [0.1, 0.15) is 24.8 Å². The van der Waals surface area contributed by atoms with Crippen molar-refractivity contribution in [3.63, 3.8) is 0 Å². The van der Waals surface area contributed by atoms with E-state index in [0.29, 0.717) is 0 Å². The van der Waals surface area contributed by atoms with Crippen LogP contribution < -0.4 is 5.32 Å². The van der Waals surface area contributed by atoms with Crippen molar-refractivity contribution < 1.29 is 4.74 Å². The molecule has 1 fully saturated rings. The van der Waals surface area contributed by atoms with Gasteiger partial charge in [0.15, 0.2) is 0 Å². The predicted octanol–water partition coefficient (Wildman–Crippen LogP) is 2.51. The Kier molecular flexibility index (Phi) is 1.77. The predicted molar refractivity (Wildman–Crippen MR) is 56.4 cm³/mol. The lowest BCUT2D eigenvalue weighted by Gasteiger charge is -2.35. The van der Waals surface area contributed by atoms with E-state index in [1.165, 1.54) is 24.1 Å². The third-order valence-electron chi connectivity index (χ3n) is 3.37. The Morgan fingerprint density at radius 1 is 1.21 bits per heavy atom. The van der Waals surface area contributed by atoms with E-state index in [1.54, 1.807) is 0 Å². The Bertz CT molecular complexity index is 342. The molecular formula is C12H15NO. The number of hydrogen-bond acceptors (Lipinski definition) is 2. The highest BCUT2D eigenvalue weighted by Gasteiger charge is 2.40. The van der Waals surface area contributed by atoms with Gasteiger partial charge >= 0.3 is 0 Å². The van der Waals surface area contributed by atoms with Crippen molar-refractivity contribution in [3.8, 4) is 0 Å². The Morgan fingerprint density at radius 3 is 3.00 bits per heavy atom. The second kappa shape index (κ2) is 2.99. The van der Waals surface area contributed by atoms with Crippen molar-refractivity contribution in [2.75, 3.05) is 18.5 Å². The maximum atomic E-state index is 5.97. The number of nitrogens with one attached hydrogen (secondary N) is 1. The van der Waals surface area contributed by atoms with E-state index >= 15 is 0 Å². The highest BCUT2D eigenvalue weighted by atomic mass is 16.5. The summed E-state index contributed by atoms with van der Waals surface area (Å²) >= 11 is 0. The molecule has 2 aliphatic heterocycles. The van der Waals surface area contributed by atoms with E-state index in [-0.39, 0.29) is 5.60 Å². The van der Waals surface area contributed by atoms with Crippen molar-refractivity contribution in [2.24, 2.45) is 0 Å². The maximum absolute atomic E-state index is 5.97. The largest absolute Gasteiger partial charge is 0.385 e. The highest BCUT2D eigenvalue weighted by molar-refractivity contribution is 5.56. The average Bonchev–Trinajstić information content (AvgIpc) is 2.68. The Hall–Kier alpha value is -1.02. The zero-order chi connectivity index (χ0) is 9.43. The van der Waals surface area contributed by atoms with Crippen LogP contribution in [0.2, 0.25) is 0 Å². The third-order valence-corrected chi connectivity index (χ3v) is 3.37. The summed E-state index contributed by atoms with van der Waals surface area (Å²) in [6, 6.07) is 8.54. The van der Waals surface area contributed by atoms with Crippen LogP contribution in [0, 0.1) is 0 Å². The molecule has 1 spiro atoms. The number of rotatable bonds is 0. The van der Waals surface area contributed by atoms with Gasteiger partial charge in [0.2, 0.25) is 0 Å². The molecule has 0 radical (unpaired) electrons. The molecule has 1 N–H and O–H groups in total. The molecule has 2 nitrogen and oxygen atoms in total. The Labute approximate surface area is 84.3 Å². The lowest BCUT2D eigenvalue weighted by Crippen LogP contribution is -2.33. The van der Waals surface area contributed by atoms with Crippen molar-refractivity contribution in [1.82, 2.24) is 0 Å². The Morgan fingerprint density at radius 2 is 2.14 bits per heavy atom. The van der Waals surface area contributed by atoms with Gasteiger partial charge in [0.25, 0.3) is 0 Å². The van der Waals surface area contributed by atoms with Gasteiger partial charge in [-0.25, -0.2) is 0 Å². The van der Waals surface area contributed by atoms with Gasteiger partial charge in [-0.1, -0.05) is 18.2 Å². The van der Waals surface area contributed by atoms with E-state index in [4.69, 9.17) is 4.74 Å². The molecule has 0 amide bonds. The number of hydrogen-bond donors (Lipinski definition) is 1. The first-order chi connectivity index (χ1) is 6.91. The second-order valence-electron chi connectivity index (χ2n) is 4.17. The van der Waals surface area contributed by atoms with Crippen LogP contribution in [0.25, 0.3) is 0 Å². The molecule has 2 heterocycles. The molecule has 0 saturated carbocycles. The third kappa shape index (κ3) is 1.07. The minimum absolute atomic E-state index is 0.0435. The fraction of sp³-hybridized carbons (Fsp3) is 0.500. The summed E-state index contributed by atoms with van der Waals surface area (Å²) in [7, 11) is 0. The quantitative estimate of drug-likeness (QED) is 0.677. The summed E-state index contributed by atoms with van der Waals surface area (Å²) in [5, 5.41) is 3.43. The zero-order valence-electron chi connectivity index (χ0n) is 8.25. The van der Waals surface area contributed by atoms with Crippen LogP contribution >= 0.6 is 0 Å². The molecule has 74 valence electrons. The molecule has 3 rings (SSSR count). The average molecular weight is 189 g/mol. The standard InChI is InChI=1S/C12H15NO/c1-2-5-11-10(4-1)12(7-8-13-11)6-3-9-14-12/h1-2,4-5,13H,3,6-9H2. The summed E-state index contributed by atoms with van der Waals surface area (Å²) in [4.78, 5) is 0. The first-order valence-corrected chi connectivity index (χ1v) is 5.38. The molecule has 2 heteroatoms. The molecule has 1 aromatic carbocycles. The molecule has 2 aliphatic rings. The summed E-state index contributed by atoms with van der Waals surface area (Å²) in [5.74, 6) is 0.